The molecule has 3 aromatic carbocycles. The van der Waals surface area contributed by atoms with E-state index in [-0.39, 0.29) is 5.75 Å². The third kappa shape index (κ3) is 5.85. The van der Waals surface area contributed by atoms with E-state index in [0.717, 1.165) is 23.1 Å². The Labute approximate surface area is 236 Å². The summed E-state index contributed by atoms with van der Waals surface area (Å²) in [5, 5.41) is 28.7. The van der Waals surface area contributed by atoms with Gasteiger partial charge in [-0.05, 0) is 48.7 Å². The largest absolute Gasteiger partial charge is 0.508 e. The molecule has 0 atom stereocenters. The Balaban J connectivity index is 1.67. The number of aromatic hydroxyl groups is 1. The van der Waals surface area contributed by atoms with Gasteiger partial charge in [-0.2, -0.15) is 9.78 Å². The predicted molar refractivity (Wildman–Crippen MR) is 156 cm³/mol. The molecular weight excluding hydrogens is 526 g/mol. The van der Waals surface area contributed by atoms with Crippen LogP contribution >= 0.6 is 0 Å². The maximum absolute atomic E-state index is 11.8. The first-order valence-electron chi connectivity index (χ1n) is 13.2. The molecule has 11 nitrogen and oxygen atoms in total. The molecule has 0 spiro atoms. The summed E-state index contributed by atoms with van der Waals surface area (Å²) in [6, 6.07) is 14.1. The minimum Gasteiger partial charge on any atom is -0.508 e. The van der Waals surface area contributed by atoms with Crippen molar-refractivity contribution in [3.63, 3.8) is 0 Å². The van der Waals surface area contributed by atoms with Crippen LogP contribution in [-0.2, 0) is 11.2 Å². The molecule has 0 aliphatic rings. The van der Waals surface area contributed by atoms with Gasteiger partial charge in [0.1, 0.15) is 18.2 Å². The van der Waals surface area contributed by atoms with Gasteiger partial charge in [0.15, 0.2) is 17.3 Å². The summed E-state index contributed by atoms with van der Waals surface area (Å²) < 4.78 is 17.7. The summed E-state index contributed by atoms with van der Waals surface area (Å²) in [4.78, 5) is 21.4. The third-order valence-corrected chi connectivity index (χ3v) is 6.62. The highest BCUT2D eigenvalue weighted by atomic mass is 16.5. The van der Waals surface area contributed by atoms with Crippen LogP contribution in [-0.4, -0.2) is 63.5 Å². The maximum atomic E-state index is 11.8. The average Bonchev–Trinajstić information content (AvgIpc) is 3.40. The van der Waals surface area contributed by atoms with Gasteiger partial charge in [0.25, 0.3) is 0 Å². The number of phenols is 1. The lowest BCUT2D eigenvalue weighted by Gasteiger charge is -2.16. The number of nitrogens with one attached hydrogen (secondary N) is 1. The number of unbranched alkanes of at least 4 members (excludes halogenated alkanes) is 1. The minimum atomic E-state index is -1.13. The van der Waals surface area contributed by atoms with E-state index >= 15 is 0 Å². The first-order valence-corrected chi connectivity index (χ1v) is 13.2. The number of anilines is 2. The van der Waals surface area contributed by atoms with Crippen LogP contribution in [0, 0.1) is 0 Å². The molecule has 0 saturated carbocycles. The van der Waals surface area contributed by atoms with Crippen LogP contribution < -0.4 is 14.8 Å². The molecule has 0 radical (unpaired) electrons. The van der Waals surface area contributed by atoms with Crippen molar-refractivity contribution in [2.75, 3.05) is 32.8 Å². The molecule has 41 heavy (non-hydrogen) atoms. The maximum Gasteiger partial charge on any atom is 0.432 e. The van der Waals surface area contributed by atoms with Crippen LogP contribution in [0.5, 0.6) is 17.2 Å². The lowest BCUT2D eigenvalue weighted by atomic mass is 10.0. The number of rotatable bonds is 11. The smallest absolute Gasteiger partial charge is 0.432 e. The Morgan fingerprint density at radius 1 is 1.05 bits per heavy atom. The van der Waals surface area contributed by atoms with Gasteiger partial charge in [-0.25, -0.2) is 14.8 Å². The zero-order chi connectivity index (χ0) is 28.9. The summed E-state index contributed by atoms with van der Waals surface area (Å²) >= 11 is 0. The molecule has 0 bridgehead atoms. The van der Waals surface area contributed by atoms with Crippen LogP contribution in [0.1, 0.15) is 25.3 Å². The van der Waals surface area contributed by atoms with Crippen LogP contribution in [0.15, 0.2) is 54.7 Å². The summed E-state index contributed by atoms with van der Waals surface area (Å²) in [7, 11) is 3.16. The zero-order valence-electron chi connectivity index (χ0n) is 23.0. The SMILES string of the molecule is CCCCc1cc(Nc2nc(-c3cccc(O)c3)nc3cc(OC)c(OCCOC)cc23)cc2cnn(C(=O)O)c12. The van der Waals surface area contributed by atoms with Gasteiger partial charge in [-0.3, -0.25) is 0 Å². The van der Waals surface area contributed by atoms with Crippen molar-refractivity contribution in [2.24, 2.45) is 0 Å². The highest BCUT2D eigenvalue weighted by Crippen LogP contribution is 2.37. The fourth-order valence-electron chi connectivity index (χ4n) is 4.68. The van der Waals surface area contributed by atoms with E-state index in [0.29, 0.717) is 75.8 Å². The van der Waals surface area contributed by atoms with Crippen LogP contribution in [0.25, 0.3) is 33.2 Å². The molecule has 5 rings (SSSR count). The van der Waals surface area contributed by atoms with Crippen molar-refractivity contribution in [2.45, 2.75) is 26.2 Å². The number of phenolic OH excluding ortho intramolecular Hbond substituents is 1. The second kappa shape index (κ2) is 12.1. The highest BCUT2D eigenvalue weighted by Gasteiger charge is 2.18. The Morgan fingerprint density at radius 2 is 1.90 bits per heavy atom. The molecule has 3 N–H and O–H groups in total. The van der Waals surface area contributed by atoms with E-state index in [4.69, 9.17) is 24.2 Å². The normalized spacial score (nSPS) is 11.2. The van der Waals surface area contributed by atoms with Crippen molar-refractivity contribution in [3.8, 4) is 28.6 Å². The van der Waals surface area contributed by atoms with Crippen LogP contribution in [0.2, 0.25) is 0 Å². The quantitative estimate of drug-likeness (QED) is 0.166. The van der Waals surface area contributed by atoms with Gasteiger partial charge in [0.05, 0.1) is 30.9 Å². The summed E-state index contributed by atoms with van der Waals surface area (Å²) in [6.07, 6.45) is 2.95. The molecule has 0 aliphatic heterocycles. The van der Waals surface area contributed by atoms with E-state index < -0.39 is 6.09 Å². The van der Waals surface area contributed by atoms with Crippen molar-refractivity contribution >= 4 is 39.4 Å². The number of methoxy groups -OCH3 is 2. The number of ether oxygens (including phenoxy) is 3. The molecule has 2 heterocycles. The van der Waals surface area contributed by atoms with Crippen molar-refractivity contribution in [1.29, 1.82) is 0 Å². The summed E-state index contributed by atoms with van der Waals surface area (Å²) in [5.74, 6) is 2.01. The van der Waals surface area contributed by atoms with Crippen molar-refractivity contribution in [3.05, 3.63) is 60.3 Å². The number of carboxylic acid groups (broad SMARTS) is 1. The number of hydrogen-bond donors (Lipinski definition) is 3. The fourth-order valence-corrected chi connectivity index (χ4v) is 4.68. The molecule has 0 saturated heterocycles. The topological polar surface area (TPSA) is 141 Å². The minimum absolute atomic E-state index is 0.0987. The summed E-state index contributed by atoms with van der Waals surface area (Å²) in [6.45, 7) is 2.82. The van der Waals surface area contributed by atoms with Crippen molar-refractivity contribution < 1.29 is 29.2 Å². The van der Waals surface area contributed by atoms with Gasteiger partial charge in [-0.1, -0.05) is 25.5 Å². The van der Waals surface area contributed by atoms with E-state index in [1.165, 1.54) is 0 Å². The van der Waals surface area contributed by atoms with Gasteiger partial charge < -0.3 is 29.7 Å². The van der Waals surface area contributed by atoms with Crippen molar-refractivity contribution in [1.82, 2.24) is 19.7 Å². The molecule has 212 valence electrons. The molecular formula is C30H31N5O6. The molecule has 0 aliphatic carbocycles. The Kier molecular flexibility index (Phi) is 8.16. The number of hydrogen-bond acceptors (Lipinski definition) is 9. The summed E-state index contributed by atoms with van der Waals surface area (Å²) in [5.41, 5.74) is 3.39. The number of benzene rings is 3. The Morgan fingerprint density at radius 3 is 2.63 bits per heavy atom. The molecule has 0 unspecified atom stereocenters. The number of nitrogens with zero attached hydrogens (tertiary/aromatic N) is 4. The van der Waals surface area contributed by atoms with E-state index in [1.54, 1.807) is 44.7 Å². The van der Waals surface area contributed by atoms with E-state index in [1.807, 2.05) is 24.3 Å². The van der Waals surface area contributed by atoms with E-state index in [2.05, 4.69) is 17.3 Å². The molecule has 5 aromatic rings. The van der Waals surface area contributed by atoms with Gasteiger partial charge >= 0.3 is 6.09 Å². The molecule has 11 heteroatoms. The Bertz CT molecular complexity index is 1720. The second-order valence-corrected chi connectivity index (χ2v) is 9.45. The number of fused-ring (bicyclic) bond motifs is 2. The first kappa shape index (κ1) is 27.7. The third-order valence-electron chi connectivity index (χ3n) is 6.62. The number of aryl methyl sites for hydroxylation is 1. The van der Waals surface area contributed by atoms with Gasteiger partial charge in [-0.15, -0.1) is 0 Å². The first-order chi connectivity index (χ1) is 19.9. The second-order valence-electron chi connectivity index (χ2n) is 9.45. The molecule has 0 amide bonds. The van der Waals surface area contributed by atoms with Gasteiger partial charge in [0.2, 0.25) is 0 Å². The standard InChI is InChI=1S/C30H31N5O6/c1-4-5-7-18-12-21(13-20-17-31-35(27(18)20)30(37)38)32-29-23-15-26(41-11-10-39-2)25(40-3)16-24(23)33-28(34-29)19-8-6-9-22(36)14-19/h6,8-9,12-17,36H,4-5,7,10-11H2,1-3H3,(H,37,38)(H,32,33,34). The average molecular weight is 558 g/mol. The van der Waals surface area contributed by atoms with Crippen LogP contribution in [0.3, 0.4) is 0 Å². The zero-order valence-corrected chi connectivity index (χ0v) is 23.0. The number of aromatic nitrogens is 4. The lowest BCUT2D eigenvalue weighted by molar-refractivity contribution is 0.144. The van der Waals surface area contributed by atoms with Crippen LogP contribution in [0.4, 0.5) is 16.3 Å². The fraction of sp³-hybridized carbons (Fsp3) is 0.267. The molecule has 0 fully saturated rings. The Hall–Kier alpha value is -4.90. The predicted octanol–water partition coefficient (Wildman–Crippen LogP) is 6.00. The van der Waals surface area contributed by atoms with E-state index in [9.17, 15) is 15.0 Å². The lowest BCUT2D eigenvalue weighted by Crippen LogP contribution is -2.10. The van der Waals surface area contributed by atoms with Gasteiger partial charge in [0, 0.05) is 35.2 Å². The number of carbonyl (C=O) groups is 1. The monoisotopic (exact) mass is 557 g/mol. The molecule has 2 aromatic heterocycles. The highest BCUT2D eigenvalue weighted by molar-refractivity contribution is 5.97.